The smallest absolute Gasteiger partial charge is 0.387 e. The molecular weight excluding hydrogens is 444 g/mol. The highest BCUT2D eigenvalue weighted by Crippen LogP contribution is 2.36. The number of hydrogen-bond acceptors (Lipinski definition) is 5. The Morgan fingerprint density at radius 1 is 1.34 bits per heavy atom. The van der Waals surface area contributed by atoms with Gasteiger partial charge in [0.05, 0.1) is 11.1 Å². The molecule has 0 amide bonds. The number of fused-ring (bicyclic) bond motifs is 1. The number of rotatable bonds is 5. The average Bonchev–Trinajstić information content (AvgIpc) is 3.02. The van der Waals surface area contributed by atoms with Crippen molar-refractivity contribution in [2.75, 3.05) is 13.1 Å². The number of ether oxygens (including phenoxy) is 1. The summed E-state index contributed by atoms with van der Waals surface area (Å²) in [6.07, 6.45) is 0. The van der Waals surface area contributed by atoms with Gasteiger partial charge in [0, 0.05) is 35.7 Å². The van der Waals surface area contributed by atoms with Gasteiger partial charge in [-0.15, -0.1) is 0 Å². The van der Waals surface area contributed by atoms with Crippen molar-refractivity contribution in [3.8, 4) is 23.3 Å². The van der Waals surface area contributed by atoms with Gasteiger partial charge in [0.2, 0.25) is 5.89 Å². The van der Waals surface area contributed by atoms with Crippen molar-refractivity contribution in [1.82, 2.24) is 9.88 Å². The minimum atomic E-state index is -2.93. The van der Waals surface area contributed by atoms with Gasteiger partial charge in [0.25, 0.3) is 0 Å². The number of hydrogen-bond donors (Lipinski definition) is 0. The Labute approximate surface area is 175 Å². The Kier molecular flexibility index (Phi) is 5.05. The third-order valence-corrected chi connectivity index (χ3v) is 5.50. The second-order valence-electron chi connectivity index (χ2n) is 7.91. The second-order valence-corrected chi connectivity index (χ2v) is 8.76. The zero-order valence-corrected chi connectivity index (χ0v) is 17.5. The number of benzene rings is 2. The Bertz CT molecular complexity index is 1110. The fourth-order valence-corrected chi connectivity index (χ4v) is 4.23. The Hall–Kier alpha value is -2.50. The van der Waals surface area contributed by atoms with E-state index in [-0.39, 0.29) is 17.1 Å². The summed E-state index contributed by atoms with van der Waals surface area (Å²) in [5.41, 5.74) is 2.63. The highest BCUT2D eigenvalue weighted by atomic mass is 79.9. The fraction of sp³-hybridized carbons (Fsp3) is 0.333. The van der Waals surface area contributed by atoms with E-state index in [0.29, 0.717) is 38.8 Å². The molecule has 0 aliphatic carbocycles. The van der Waals surface area contributed by atoms with Gasteiger partial charge in [-0.25, -0.2) is 4.98 Å². The van der Waals surface area contributed by atoms with Gasteiger partial charge in [-0.3, -0.25) is 4.90 Å². The molecule has 0 N–H and O–H groups in total. The molecule has 2 heterocycles. The average molecular weight is 462 g/mol. The van der Waals surface area contributed by atoms with E-state index < -0.39 is 6.61 Å². The van der Waals surface area contributed by atoms with Gasteiger partial charge in [-0.2, -0.15) is 14.0 Å². The maximum atomic E-state index is 12.9. The first-order chi connectivity index (χ1) is 13.8. The van der Waals surface area contributed by atoms with Crippen molar-refractivity contribution in [2.45, 2.75) is 27.0 Å². The largest absolute Gasteiger partial charge is 0.436 e. The molecule has 0 radical (unpaired) electrons. The first-order valence-electron chi connectivity index (χ1n) is 9.05. The van der Waals surface area contributed by atoms with Crippen LogP contribution in [0.25, 0.3) is 22.6 Å². The summed E-state index contributed by atoms with van der Waals surface area (Å²) in [5, 5.41) is 9.44. The molecule has 0 saturated carbocycles. The van der Waals surface area contributed by atoms with Crippen molar-refractivity contribution in [2.24, 2.45) is 5.41 Å². The van der Waals surface area contributed by atoms with Crippen molar-refractivity contribution < 1.29 is 17.9 Å². The molecule has 0 bridgehead atoms. The van der Waals surface area contributed by atoms with Crippen LogP contribution in [0.15, 0.2) is 39.2 Å². The van der Waals surface area contributed by atoms with Gasteiger partial charge in [0.1, 0.15) is 17.3 Å². The van der Waals surface area contributed by atoms with Crippen LogP contribution in [-0.2, 0) is 6.54 Å². The van der Waals surface area contributed by atoms with E-state index in [1.54, 1.807) is 24.3 Å². The summed E-state index contributed by atoms with van der Waals surface area (Å²) in [7, 11) is 0. The lowest BCUT2D eigenvalue weighted by atomic mass is 9.84. The SMILES string of the molecule is CC1(C)CN(Cc2cc3nc(-c4cccc(Br)c4C#N)oc3cc2OC(F)F)C1. The molecule has 1 fully saturated rings. The summed E-state index contributed by atoms with van der Waals surface area (Å²) >= 11 is 3.35. The molecule has 4 rings (SSSR count). The maximum absolute atomic E-state index is 12.9. The summed E-state index contributed by atoms with van der Waals surface area (Å²) in [6, 6.07) is 10.6. The number of alkyl halides is 2. The van der Waals surface area contributed by atoms with Crippen LogP contribution in [0.3, 0.4) is 0 Å². The Morgan fingerprint density at radius 2 is 2.10 bits per heavy atom. The minimum Gasteiger partial charge on any atom is -0.436 e. The molecule has 1 aliphatic heterocycles. The number of nitriles is 1. The third kappa shape index (κ3) is 3.98. The Balaban J connectivity index is 1.75. The number of halogens is 3. The van der Waals surface area contributed by atoms with Crippen LogP contribution < -0.4 is 4.74 Å². The van der Waals surface area contributed by atoms with E-state index in [9.17, 15) is 14.0 Å². The summed E-state index contributed by atoms with van der Waals surface area (Å²) < 4.78 is 37.1. The van der Waals surface area contributed by atoms with E-state index in [4.69, 9.17) is 9.15 Å². The van der Waals surface area contributed by atoms with Crippen LogP contribution in [0.1, 0.15) is 25.0 Å². The third-order valence-electron chi connectivity index (χ3n) is 4.84. The van der Waals surface area contributed by atoms with E-state index in [2.05, 4.69) is 45.7 Å². The lowest BCUT2D eigenvalue weighted by Gasteiger charge is -2.46. The molecule has 0 unspecified atom stereocenters. The van der Waals surface area contributed by atoms with Gasteiger partial charge >= 0.3 is 6.61 Å². The predicted octanol–water partition coefficient (Wildman–Crippen LogP) is 5.57. The minimum absolute atomic E-state index is 0.0784. The summed E-state index contributed by atoms with van der Waals surface area (Å²) in [4.78, 5) is 6.66. The van der Waals surface area contributed by atoms with Crippen LogP contribution in [0.4, 0.5) is 8.78 Å². The molecule has 0 atom stereocenters. The molecular formula is C21H18BrF2N3O2. The highest BCUT2D eigenvalue weighted by Gasteiger charge is 2.34. The topological polar surface area (TPSA) is 62.3 Å². The van der Waals surface area contributed by atoms with Gasteiger partial charge in [-0.1, -0.05) is 19.9 Å². The number of likely N-dealkylation sites (tertiary alicyclic amines) is 1. The normalized spacial score (nSPS) is 16.0. The van der Waals surface area contributed by atoms with Gasteiger partial charge in [-0.05, 0) is 39.5 Å². The van der Waals surface area contributed by atoms with Crippen LogP contribution >= 0.6 is 15.9 Å². The van der Waals surface area contributed by atoms with E-state index in [1.807, 2.05) is 0 Å². The summed E-state index contributed by atoms with van der Waals surface area (Å²) in [6.45, 7) is 3.65. The lowest BCUT2D eigenvalue weighted by Crippen LogP contribution is -2.52. The number of aromatic nitrogens is 1. The van der Waals surface area contributed by atoms with E-state index in [1.165, 1.54) is 6.07 Å². The molecule has 2 aromatic carbocycles. The first kappa shape index (κ1) is 19.8. The van der Waals surface area contributed by atoms with Gasteiger partial charge in [0.15, 0.2) is 5.58 Å². The molecule has 29 heavy (non-hydrogen) atoms. The number of nitrogens with zero attached hydrogens (tertiary/aromatic N) is 3. The van der Waals surface area contributed by atoms with Gasteiger partial charge < -0.3 is 9.15 Å². The molecule has 8 heteroatoms. The van der Waals surface area contributed by atoms with Crippen LogP contribution in [0.5, 0.6) is 5.75 Å². The van der Waals surface area contributed by atoms with Crippen molar-refractivity contribution in [3.05, 3.63) is 45.9 Å². The van der Waals surface area contributed by atoms with Crippen molar-refractivity contribution >= 4 is 27.0 Å². The first-order valence-corrected chi connectivity index (χ1v) is 9.85. The monoisotopic (exact) mass is 461 g/mol. The van der Waals surface area contributed by atoms with Crippen molar-refractivity contribution in [3.63, 3.8) is 0 Å². The molecule has 1 aromatic heterocycles. The molecule has 1 aliphatic rings. The highest BCUT2D eigenvalue weighted by molar-refractivity contribution is 9.10. The van der Waals surface area contributed by atoms with Crippen LogP contribution in [0, 0.1) is 16.7 Å². The van der Waals surface area contributed by atoms with Crippen molar-refractivity contribution in [1.29, 1.82) is 5.26 Å². The number of oxazole rings is 1. The molecule has 3 aromatic rings. The lowest BCUT2D eigenvalue weighted by molar-refractivity contribution is -0.0516. The molecule has 150 valence electrons. The maximum Gasteiger partial charge on any atom is 0.387 e. The zero-order valence-electron chi connectivity index (χ0n) is 15.9. The fourth-order valence-electron chi connectivity index (χ4n) is 3.78. The second kappa shape index (κ2) is 7.39. The predicted molar refractivity (Wildman–Crippen MR) is 108 cm³/mol. The van der Waals surface area contributed by atoms with E-state index >= 15 is 0 Å². The zero-order chi connectivity index (χ0) is 20.8. The summed E-state index contributed by atoms with van der Waals surface area (Å²) in [5.74, 6) is 0.331. The molecule has 5 nitrogen and oxygen atoms in total. The van der Waals surface area contributed by atoms with Crippen LogP contribution in [-0.4, -0.2) is 29.6 Å². The van der Waals surface area contributed by atoms with E-state index in [0.717, 1.165) is 13.1 Å². The Morgan fingerprint density at radius 3 is 2.76 bits per heavy atom. The quantitative estimate of drug-likeness (QED) is 0.496. The molecule has 0 spiro atoms. The van der Waals surface area contributed by atoms with Crippen LogP contribution in [0.2, 0.25) is 0 Å². The standard InChI is InChI=1S/C21H18BrF2N3O2/c1-21(2)10-27(11-21)9-12-6-16-18(7-17(12)29-20(23)24)28-19(26-16)13-4-3-5-15(22)14(13)8-25/h3-7,20H,9-11H2,1-2H3. The molecule has 1 saturated heterocycles.